The molecule has 0 aliphatic rings. The Morgan fingerprint density at radius 2 is 1.21 bits per heavy atom. The van der Waals surface area contributed by atoms with Gasteiger partial charge < -0.3 is 23.8 Å². The van der Waals surface area contributed by atoms with Gasteiger partial charge in [0, 0.05) is 24.6 Å². The topological polar surface area (TPSA) is 103 Å². The first-order chi connectivity index (χ1) is 18.3. The fourth-order valence-corrected chi connectivity index (χ4v) is 4.84. The third-order valence-corrected chi connectivity index (χ3v) is 8.36. The summed E-state index contributed by atoms with van der Waals surface area (Å²) in [5, 5.41) is 2.99. The molecule has 0 aliphatic carbocycles. The number of unbranched alkanes of at least 4 members (excludes halogenated alkanes) is 2. The Hall–Kier alpha value is -2.36. The summed E-state index contributed by atoms with van der Waals surface area (Å²) >= 11 is 0. The number of ether oxygens (including phenoxy) is 2. The third-order valence-electron chi connectivity index (χ3n) is 8.36. The van der Waals surface area contributed by atoms with Crippen LogP contribution in [-0.4, -0.2) is 92.9 Å². The van der Waals surface area contributed by atoms with Crippen molar-refractivity contribution in [1.82, 2.24) is 10.7 Å². The zero-order valence-electron chi connectivity index (χ0n) is 24.9. The number of nitrogens with zero attached hydrogens (tertiary/aromatic N) is 2. The van der Waals surface area contributed by atoms with Gasteiger partial charge in [0.2, 0.25) is 5.91 Å². The molecule has 9 nitrogen and oxygen atoms in total. The van der Waals surface area contributed by atoms with Gasteiger partial charge in [-0.1, -0.05) is 6.42 Å². The van der Waals surface area contributed by atoms with Crippen LogP contribution in [0.25, 0.3) is 0 Å². The molecule has 4 N–H and O–H groups in total. The van der Waals surface area contributed by atoms with E-state index in [-0.39, 0.29) is 11.8 Å². The predicted molar refractivity (Wildman–Crippen MR) is 154 cm³/mol. The summed E-state index contributed by atoms with van der Waals surface area (Å²) in [4.78, 5) is 24.2. The molecule has 38 heavy (non-hydrogen) atoms. The molecule has 0 aromatic heterocycles. The van der Waals surface area contributed by atoms with Gasteiger partial charge in [-0.05, 0) is 66.5 Å². The van der Waals surface area contributed by atoms with Gasteiger partial charge >= 0.3 is 0 Å². The largest absolute Gasteiger partial charge is 0.488 e. The van der Waals surface area contributed by atoms with Crippen molar-refractivity contribution in [2.75, 3.05) is 72.1 Å². The standard InChI is InChI=1S/C29H53N5O4/c1-7-33(8-2,9-3)18-20-37-26-22-25(29(36)31-17-15-13-14-16-28(35)32-30)23-27(24-26)38-21-19-34(10-4,11-5)12-6/h22-24H,7-21,30H2,1-6H3/p+2. The van der Waals surface area contributed by atoms with Crippen molar-refractivity contribution in [1.29, 1.82) is 0 Å². The van der Waals surface area contributed by atoms with Crippen LogP contribution in [0.1, 0.15) is 77.6 Å². The molecule has 0 saturated carbocycles. The maximum Gasteiger partial charge on any atom is 0.251 e. The molecule has 1 rings (SSSR count). The minimum Gasteiger partial charge on any atom is -0.488 e. The Morgan fingerprint density at radius 1 is 0.737 bits per heavy atom. The molecule has 0 radical (unpaired) electrons. The summed E-state index contributed by atoms with van der Waals surface area (Å²) in [6, 6.07) is 5.50. The number of amides is 2. The first kappa shape index (κ1) is 33.7. The second-order valence-electron chi connectivity index (χ2n) is 10.1. The van der Waals surface area contributed by atoms with Crippen LogP contribution in [0.4, 0.5) is 0 Å². The highest BCUT2D eigenvalue weighted by Crippen LogP contribution is 2.24. The quantitative estimate of drug-likeness (QED) is 0.0733. The number of hydrazine groups is 1. The summed E-state index contributed by atoms with van der Waals surface area (Å²) in [5.74, 6) is 6.10. The Kier molecular flexibility index (Phi) is 16.0. The molecule has 2 amide bonds. The molecule has 0 spiro atoms. The van der Waals surface area contributed by atoms with Crippen molar-refractivity contribution in [3.05, 3.63) is 23.8 Å². The van der Waals surface area contributed by atoms with Crippen molar-refractivity contribution in [2.45, 2.75) is 67.2 Å². The maximum atomic E-state index is 13.0. The smallest absolute Gasteiger partial charge is 0.251 e. The van der Waals surface area contributed by atoms with E-state index in [0.29, 0.717) is 43.2 Å². The van der Waals surface area contributed by atoms with Crippen LogP contribution in [0.2, 0.25) is 0 Å². The molecule has 9 heteroatoms. The fraction of sp³-hybridized carbons (Fsp3) is 0.724. The molecular weight excluding hydrogens is 482 g/mol. The van der Waals surface area contributed by atoms with E-state index in [1.807, 2.05) is 6.07 Å². The van der Waals surface area contributed by atoms with Crippen molar-refractivity contribution in [2.24, 2.45) is 5.84 Å². The fourth-order valence-electron chi connectivity index (χ4n) is 4.84. The van der Waals surface area contributed by atoms with Crippen molar-refractivity contribution >= 4 is 11.8 Å². The van der Waals surface area contributed by atoms with Gasteiger partial charge in [-0.3, -0.25) is 15.0 Å². The van der Waals surface area contributed by atoms with E-state index in [1.54, 1.807) is 12.1 Å². The lowest BCUT2D eigenvalue weighted by molar-refractivity contribution is -0.923. The average molecular weight is 538 g/mol. The van der Waals surface area contributed by atoms with Crippen LogP contribution in [0.15, 0.2) is 18.2 Å². The Bertz CT molecular complexity index is 764. The average Bonchev–Trinajstić information content (AvgIpc) is 2.95. The van der Waals surface area contributed by atoms with E-state index in [4.69, 9.17) is 15.3 Å². The number of carbonyl (C=O) groups excluding carboxylic acids is 2. The highest BCUT2D eigenvalue weighted by Gasteiger charge is 2.22. The lowest BCUT2D eigenvalue weighted by Crippen LogP contribution is -2.50. The van der Waals surface area contributed by atoms with Crippen LogP contribution in [0, 0.1) is 0 Å². The van der Waals surface area contributed by atoms with E-state index >= 15 is 0 Å². The molecule has 0 fully saturated rings. The minimum atomic E-state index is -0.168. The van der Waals surface area contributed by atoms with Gasteiger partial charge in [0.25, 0.3) is 5.91 Å². The van der Waals surface area contributed by atoms with Gasteiger partial charge in [0.05, 0.1) is 39.3 Å². The van der Waals surface area contributed by atoms with Crippen molar-refractivity contribution in [3.63, 3.8) is 0 Å². The van der Waals surface area contributed by atoms with Gasteiger partial charge in [-0.25, -0.2) is 5.84 Å². The third kappa shape index (κ3) is 11.2. The SMILES string of the molecule is CC[N+](CC)(CC)CCOc1cc(OCC[N+](CC)(CC)CC)cc(C(=O)NCCCCCC(=O)NN)c1. The maximum absolute atomic E-state index is 13.0. The Morgan fingerprint density at radius 3 is 1.63 bits per heavy atom. The van der Waals surface area contributed by atoms with E-state index in [0.717, 1.165) is 80.6 Å². The van der Waals surface area contributed by atoms with Crippen LogP contribution < -0.4 is 26.1 Å². The van der Waals surface area contributed by atoms with Crippen LogP contribution in [-0.2, 0) is 4.79 Å². The normalized spacial score (nSPS) is 11.8. The first-order valence-electron chi connectivity index (χ1n) is 14.6. The van der Waals surface area contributed by atoms with Crippen LogP contribution in [0.3, 0.4) is 0 Å². The molecule has 0 unspecified atom stereocenters. The Balaban J connectivity index is 2.88. The van der Waals surface area contributed by atoms with Gasteiger partial charge in [0.15, 0.2) is 0 Å². The monoisotopic (exact) mass is 537 g/mol. The van der Waals surface area contributed by atoms with E-state index in [9.17, 15) is 9.59 Å². The second kappa shape index (κ2) is 18.0. The lowest BCUT2D eigenvalue weighted by Gasteiger charge is -2.35. The Labute approximate surface area is 231 Å². The first-order valence-corrected chi connectivity index (χ1v) is 14.6. The van der Waals surface area contributed by atoms with E-state index in [1.165, 1.54) is 0 Å². The zero-order chi connectivity index (χ0) is 28.4. The number of quaternary nitrogens is 2. The number of rotatable bonds is 21. The summed E-state index contributed by atoms with van der Waals surface area (Å²) in [5.41, 5.74) is 2.67. The molecular formula is C29H55N5O4+2. The lowest BCUT2D eigenvalue weighted by atomic mass is 10.1. The van der Waals surface area contributed by atoms with Crippen molar-refractivity contribution < 1.29 is 28.0 Å². The number of hydrogen-bond donors (Lipinski definition) is 3. The number of nitrogens with two attached hydrogens (primary N) is 1. The number of benzene rings is 1. The molecule has 1 aromatic rings. The van der Waals surface area contributed by atoms with E-state index < -0.39 is 0 Å². The summed E-state index contributed by atoms with van der Waals surface area (Å²) in [6.07, 6.45) is 2.76. The van der Waals surface area contributed by atoms with Crippen molar-refractivity contribution in [3.8, 4) is 11.5 Å². The highest BCUT2D eigenvalue weighted by atomic mass is 16.5. The molecule has 0 atom stereocenters. The zero-order valence-corrected chi connectivity index (χ0v) is 24.9. The minimum absolute atomic E-state index is 0.151. The van der Waals surface area contributed by atoms with E-state index in [2.05, 4.69) is 52.3 Å². The predicted octanol–water partition coefficient (Wildman–Crippen LogP) is 3.48. The molecule has 218 valence electrons. The van der Waals surface area contributed by atoms with Crippen LogP contribution in [0.5, 0.6) is 11.5 Å². The summed E-state index contributed by atoms with van der Waals surface area (Å²) in [6.45, 7) is 23.3. The number of nitrogens with one attached hydrogen (secondary N) is 2. The van der Waals surface area contributed by atoms with Crippen LogP contribution >= 0.6 is 0 Å². The van der Waals surface area contributed by atoms with Gasteiger partial charge in [-0.2, -0.15) is 0 Å². The highest BCUT2D eigenvalue weighted by molar-refractivity contribution is 5.95. The molecule has 0 aliphatic heterocycles. The van der Waals surface area contributed by atoms with Gasteiger partial charge in [-0.15, -0.1) is 0 Å². The number of hydrogen-bond acceptors (Lipinski definition) is 5. The summed E-state index contributed by atoms with van der Waals surface area (Å²) < 4.78 is 14.3. The molecule has 1 aromatic carbocycles. The molecule has 0 bridgehead atoms. The number of likely N-dealkylation sites (N-methyl/N-ethyl adjacent to an activating group) is 2. The molecule has 0 heterocycles. The number of carbonyl (C=O) groups is 2. The summed E-state index contributed by atoms with van der Waals surface area (Å²) in [7, 11) is 0. The molecule has 0 saturated heterocycles. The van der Waals surface area contributed by atoms with Gasteiger partial charge in [0.1, 0.15) is 37.8 Å². The second-order valence-corrected chi connectivity index (χ2v) is 10.1.